The van der Waals surface area contributed by atoms with Crippen molar-refractivity contribution in [1.29, 1.82) is 0 Å². The fourth-order valence-electron chi connectivity index (χ4n) is 1.15. The van der Waals surface area contributed by atoms with Crippen LogP contribution in [-0.2, 0) is 14.8 Å². The van der Waals surface area contributed by atoms with E-state index in [0.29, 0.717) is 0 Å². The average Bonchev–Trinajstić information content (AvgIpc) is 2.29. The topological polar surface area (TPSA) is 83.5 Å². The summed E-state index contributed by atoms with van der Waals surface area (Å²) in [5, 5.41) is 8.44. The van der Waals surface area contributed by atoms with Crippen molar-refractivity contribution in [3.8, 4) is 0 Å². The summed E-state index contributed by atoms with van der Waals surface area (Å²) in [5.74, 6) is -1.95. The molecule has 0 saturated heterocycles. The Hall–Kier alpha value is -1.89. The third-order valence-electron chi connectivity index (χ3n) is 2.05. The Morgan fingerprint density at radius 1 is 1.50 bits per heavy atom. The summed E-state index contributed by atoms with van der Waals surface area (Å²) in [7, 11) is -3.45. The van der Waals surface area contributed by atoms with Gasteiger partial charge in [0.25, 0.3) is 0 Å². The van der Waals surface area contributed by atoms with E-state index in [1.165, 1.54) is 19.1 Å². The molecule has 98 valence electrons. The van der Waals surface area contributed by atoms with Crippen LogP contribution in [0, 0.1) is 5.82 Å². The lowest BCUT2D eigenvalue weighted by Gasteiger charge is -2.07. The first kappa shape index (κ1) is 14.2. The van der Waals surface area contributed by atoms with Crippen LogP contribution < -0.4 is 4.72 Å². The SMILES string of the molecule is CCS(=O)(=O)Nc1ccc(F)c(/C=C/C(=O)O)c1. The number of hydrogen-bond acceptors (Lipinski definition) is 3. The largest absolute Gasteiger partial charge is 0.478 e. The summed E-state index contributed by atoms with van der Waals surface area (Å²) >= 11 is 0. The molecule has 0 aliphatic rings. The minimum absolute atomic E-state index is 0.00583. The molecule has 7 heteroatoms. The van der Waals surface area contributed by atoms with Gasteiger partial charge in [-0.1, -0.05) is 0 Å². The van der Waals surface area contributed by atoms with Crippen molar-refractivity contribution in [2.24, 2.45) is 0 Å². The van der Waals surface area contributed by atoms with Crippen molar-refractivity contribution in [3.05, 3.63) is 35.7 Å². The maximum atomic E-state index is 13.3. The molecular weight excluding hydrogens is 261 g/mol. The van der Waals surface area contributed by atoms with Gasteiger partial charge in [-0.15, -0.1) is 0 Å². The minimum atomic E-state index is -3.45. The Kier molecular flexibility index (Phi) is 4.43. The lowest BCUT2D eigenvalue weighted by molar-refractivity contribution is -0.131. The quantitative estimate of drug-likeness (QED) is 0.799. The molecule has 0 radical (unpaired) electrons. The van der Waals surface area contributed by atoms with Gasteiger partial charge in [-0.3, -0.25) is 4.72 Å². The van der Waals surface area contributed by atoms with E-state index in [9.17, 15) is 17.6 Å². The van der Waals surface area contributed by atoms with Crippen LogP contribution in [0.5, 0.6) is 0 Å². The van der Waals surface area contributed by atoms with E-state index < -0.39 is 21.8 Å². The van der Waals surface area contributed by atoms with Crippen LogP contribution in [0.4, 0.5) is 10.1 Å². The predicted octanol–water partition coefficient (Wildman–Crippen LogP) is 1.69. The number of carboxylic acids is 1. The molecule has 0 unspecified atom stereocenters. The lowest BCUT2D eigenvalue weighted by atomic mass is 10.2. The summed E-state index contributed by atoms with van der Waals surface area (Å²) in [4.78, 5) is 10.3. The molecular formula is C11H12FNO4S. The van der Waals surface area contributed by atoms with Gasteiger partial charge in [-0.25, -0.2) is 17.6 Å². The van der Waals surface area contributed by atoms with Crippen molar-refractivity contribution in [1.82, 2.24) is 0 Å². The number of sulfonamides is 1. The van der Waals surface area contributed by atoms with E-state index in [1.54, 1.807) is 0 Å². The van der Waals surface area contributed by atoms with Crippen molar-refractivity contribution >= 4 is 27.8 Å². The highest BCUT2D eigenvalue weighted by molar-refractivity contribution is 7.92. The molecule has 0 saturated carbocycles. The molecule has 0 amide bonds. The normalized spacial score (nSPS) is 11.7. The van der Waals surface area contributed by atoms with Crippen LogP contribution in [0.15, 0.2) is 24.3 Å². The third-order valence-corrected chi connectivity index (χ3v) is 3.36. The summed E-state index contributed by atoms with van der Waals surface area (Å²) in [6.07, 6.45) is 1.83. The molecule has 1 aromatic rings. The number of benzene rings is 1. The first-order valence-corrected chi connectivity index (χ1v) is 6.70. The van der Waals surface area contributed by atoms with Gasteiger partial charge in [0.1, 0.15) is 5.82 Å². The summed E-state index contributed by atoms with van der Waals surface area (Å²) in [6.45, 7) is 1.47. The van der Waals surface area contributed by atoms with E-state index in [2.05, 4.69) is 4.72 Å². The van der Waals surface area contributed by atoms with Crippen LogP contribution in [0.2, 0.25) is 0 Å². The molecule has 0 atom stereocenters. The van der Waals surface area contributed by atoms with Gasteiger partial charge in [0.05, 0.1) is 5.75 Å². The van der Waals surface area contributed by atoms with E-state index in [4.69, 9.17) is 5.11 Å². The number of carboxylic acid groups (broad SMARTS) is 1. The second-order valence-corrected chi connectivity index (χ2v) is 5.42. The standard InChI is InChI=1S/C11H12FNO4S/c1-2-18(16,17)13-9-4-5-10(12)8(7-9)3-6-11(14)15/h3-7,13H,2H2,1H3,(H,14,15)/b6-3+. The molecule has 0 aliphatic heterocycles. The van der Waals surface area contributed by atoms with Gasteiger partial charge in [-0.2, -0.15) is 0 Å². The smallest absolute Gasteiger partial charge is 0.328 e. The van der Waals surface area contributed by atoms with Crippen LogP contribution in [-0.4, -0.2) is 25.2 Å². The zero-order valence-corrected chi connectivity index (χ0v) is 10.4. The number of nitrogens with one attached hydrogen (secondary N) is 1. The van der Waals surface area contributed by atoms with E-state index in [-0.39, 0.29) is 17.0 Å². The highest BCUT2D eigenvalue weighted by Crippen LogP contribution is 2.17. The van der Waals surface area contributed by atoms with Gasteiger partial charge in [0.15, 0.2) is 0 Å². The fraction of sp³-hybridized carbons (Fsp3) is 0.182. The highest BCUT2D eigenvalue weighted by atomic mass is 32.2. The second-order valence-electron chi connectivity index (χ2n) is 3.41. The first-order valence-electron chi connectivity index (χ1n) is 5.05. The maximum Gasteiger partial charge on any atom is 0.328 e. The average molecular weight is 273 g/mol. The van der Waals surface area contributed by atoms with Crippen LogP contribution >= 0.6 is 0 Å². The molecule has 0 aliphatic carbocycles. The van der Waals surface area contributed by atoms with Crippen molar-refractivity contribution < 1.29 is 22.7 Å². The van der Waals surface area contributed by atoms with Gasteiger partial charge in [0.2, 0.25) is 10.0 Å². The molecule has 0 bridgehead atoms. The lowest BCUT2D eigenvalue weighted by Crippen LogP contribution is -2.14. The van der Waals surface area contributed by atoms with Gasteiger partial charge >= 0.3 is 5.97 Å². The maximum absolute atomic E-state index is 13.3. The van der Waals surface area contributed by atoms with Crippen LogP contribution in [0.1, 0.15) is 12.5 Å². The Balaban J connectivity index is 3.05. The zero-order chi connectivity index (χ0) is 13.8. The number of carbonyl (C=O) groups is 1. The molecule has 5 nitrogen and oxygen atoms in total. The van der Waals surface area contributed by atoms with Gasteiger partial charge in [0, 0.05) is 17.3 Å². The first-order chi connectivity index (χ1) is 8.34. The van der Waals surface area contributed by atoms with Crippen LogP contribution in [0.3, 0.4) is 0 Å². The monoisotopic (exact) mass is 273 g/mol. The number of hydrogen-bond donors (Lipinski definition) is 2. The Morgan fingerprint density at radius 2 is 2.17 bits per heavy atom. The highest BCUT2D eigenvalue weighted by Gasteiger charge is 2.08. The van der Waals surface area contributed by atoms with E-state index >= 15 is 0 Å². The Bertz CT molecular complexity index is 581. The molecule has 0 aromatic heterocycles. The fourth-order valence-corrected chi connectivity index (χ4v) is 1.78. The summed E-state index contributed by atoms with van der Waals surface area (Å²) in [5.41, 5.74) is 0.178. The number of anilines is 1. The number of rotatable bonds is 5. The Labute approximate surface area is 104 Å². The third kappa shape index (κ3) is 4.17. The van der Waals surface area contributed by atoms with E-state index in [0.717, 1.165) is 18.2 Å². The molecule has 0 spiro atoms. The molecule has 1 rings (SSSR count). The minimum Gasteiger partial charge on any atom is -0.478 e. The molecule has 1 aromatic carbocycles. The molecule has 0 fully saturated rings. The van der Waals surface area contributed by atoms with E-state index in [1.807, 2.05) is 0 Å². The summed E-state index contributed by atoms with van der Waals surface area (Å²) in [6, 6.07) is 3.55. The Morgan fingerprint density at radius 3 is 2.72 bits per heavy atom. The number of halogens is 1. The molecule has 0 heterocycles. The van der Waals surface area contributed by atoms with Crippen molar-refractivity contribution in [2.45, 2.75) is 6.92 Å². The van der Waals surface area contributed by atoms with Gasteiger partial charge in [-0.05, 0) is 31.2 Å². The molecule has 18 heavy (non-hydrogen) atoms. The molecule has 2 N–H and O–H groups in total. The van der Waals surface area contributed by atoms with Crippen LogP contribution in [0.25, 0.3) is 6.08 Å². The predicted molar refractivity (Wildman–Crippen MR) is 66.2 cm³/mol. The van der Waals surface area contributed by atoms with Crippen molar-refractivity contribution in [3.63, 3.8) is 0 Å². The second kappa shape index (κ2) is 5.63. The van der Waals surface area contributed by atoms with Crippen molar-refractivity contribution in [2.75, 3.05) is 10.5 Å². The van der Waals surface area contributed by atoms with Gasteiger partial charge < -0.3 is 5.11 Å². The number of aliphatic carboxylic acids is 1. The zero-order valence-electron chi connectivity index (χ0n) is 9.55. The summed E-state index contributed by atoms with van der Waals surface area (Å²) < 4.78 is 38.2.